The highest BCUT2D eigenvalue weighted by molar-refractivity contribution is 7.89. The summed E-state index contributed by atoms with van der Waals surface area (Å²) in [6, 6.07) is 0.442. The summed E-state index contributed by atoms with van der Waals surface area (Å²) < 4.78 is 30.8. The third kappa shape index (κ3) is 9.12. The lowest BCUT2D eigenvalue weighted by molar-refractivity contribution is 0.0490. The van der Waals surface area contributed by atoms with Crippen LogP contribution in [0.5, 0.6) is 0 Å². The number of rotatable bonds is 7. The van der Waals surface area contributed by atoms with E-state index in [1.807, 2.05) is 20.8 Å². The normalized spacial score (nSPS) is 22.6. The van der Waals surface area contributed by atoms with Gasteiger partial charge in [0.25, 0.3) is 0 Å². The Balaban J connectivity index is 2.22. The monoisotopic (exact) mass is 349 g/mol. The first-order valence-electron chi connectivity index (χ1n) is 8.31. The van der Waals surface area contributed by atoms with E-state index in [-0.39, 0.29) is 17.9 Å². The van der Waals surface area contributed by atoms with Gasteiger partial charge in [-0.1, -0.05) is 6.92 Å². The first-order valence-corrected chi connectivity index (χ1v) is 9.97. The van der Waals surface area contributed by atoms with Crippen molar-refractivity contribution in [3.8, 4) is 0 Å². The molecule has 0 radical (unpaired) electrons. The molecule has 3 N–H and O–H groups in total. The Morgan fingerprint density at radius 3 is 2.22 bits per heavy atom. The highest BCUT2D eigenvalue weighted by Gasteiger charge is 2.24. The van der Waals surface area contributed by atoms with Gasteiger partial charge in [-0.15, -0.1) is 0 Å². The topological polar surface area (TPSA) is 96.5 Å². The Hall–Kier alpha value is -0.860. The summed E-state index contributed by atoms with van der Waals surface area (Å²) >= 11 is 0. The van der Waals surface area contributed by atoms with Gasteiger partial charge in [-0.05, 0) is 46.5 Å². The second-order valence-corrected chi connectivity index (χ2v) is 8.89. The van der Waals surface area contributed by atoms with Crippen LogP contribution in [0.25, 0.3) is 0 Å². The highest BCUT2D eigenvalue weighted by Crippen LogP contribution is 2.19. The van der Waals surface area contributed by atoms with Crippen LogP contribution in [0.1, 0.15) is 53.4 Å². The molecule has 0 unspecified atom stereocenters. The molecule has 0 aliphatic heterocycles. The van der Waals surface area contributed by atoms with Crippen molar-refractivity contribution in [2.24, 2.45) is 0 Å². The molecule has 1 saturated carbocycles. The molecule has 0 bridgehead atoms. The van der Waals surface area contributed by atoms with Crippen molar-refractivity contribution in [3.05, 3.63) is 0 Å². The van der Waals surface area contributed by atoms with Crippen molar-refractivity contribution < 1.29 is 17.9 Å². The molecule has 0 aromatic heterocycles. The van der Waals surface area contributed by atoms with Gasteiger partial charge in [-0.25, -0.2) is 17.9 Å². The van der Waals surface area contributed by atoms with Crippen LogP contribution in [0.4, 0.5) is 4.79 Å². The lowest BCUT2D eigenvalue weighted by atomic mass is 9.91. The maximum absolute atomic E-state index is 11.7. The lowest BCUT2D eigenvalue weighted by Crippen LogP contribution is -2.44. The van der Waals surface area contributed by atoms with Crippen molar-refractivity contribution in [1.29, 1.82) is 0 Å². The molecule has 7 nitrogen and oxygen atoms in total. The molecule has 1 aliphatic carbocycles. The highest BCUT2D eigenvalue weighted by atomic mass is 32.2. The molecule has 0 heterocycles. The molecule has 1 rings (SSSR count). The zero-order valence-corrected chi connectivity index (χ0v) is 15.5. The number of nitrogens with one attached hydrogen (secondary N) is 3. The van der Waals surface area contributed by atoms with Crippen LogP contribution in [0.15, 0.2) is 0 Å². The molecule has 0 aromatic rings. The van der Waals surface area contributed by atoms with E-state index in [0.717, 1.165) is 25.7 Å². The van der Waals surface area contributed by atoms with E-state index in [9.17, 15) is 13.2 Å². The number of carbonyl (C=O) groups is 1. The van der Waals surface area contributed by atoms with E-state index in [4.69, 9.17) is 4.74 Å². The summed E-state index contributed by atoms with van der Waals surface area (Å²) in [4.78, 5) is 11.7. The summed E-state index contributed by atoms with van der Waals surface area (Å²) in [5, 5.41) is 6.18. The average molecular weight is 349 g/mol. The second kappa shape index (κ2) is 8.84. The smallest absolute Gasteiger partial charge is 0.407 e. The predicted octanol–water partition coefficient (Wildman–Crippen LogP) is 1.35. The van der Waals surface area contributed by atoms with Gasteiger partial charge >= 0.3 is 6.09 Å². The number of hydrogen-bond acceptors (Lipinski definition) is 5. The fourth-order valence-electron chi connectivity index (χ4n) is 2.61. The van der Waals surface area contributed by atoms with Gasteiger partial charge in [-0.2, -0.15) is 0 Å². The minimum absolute atomic E-state index is 0.0942. The Labute approximate surface area is 140 Å². The minimum atomic E-state index is -3.16. The van der Waals surface area contributed by atoms with Gasteiger partial charge in [0.05, 0.1) is 5.75 Å². The molecule has 0 saturated heterocycles. The van der Waals surface area contributed by atoms with Crippen molar-refractivity contribution >= 4 is 16.1 Å². The van der Waals surface area contributed by atoms with E-state index in [0.29, 0.717) is 19.1 Å². The van der Waals surface area contributed by atoms with Gasteiger partial charge < -0.3 is 15.4 Å². The van der Waals surface area contributed by atoms with Gasteiger partial charge in [0.1, 0.15) is 5.60 Å². The van der Waals surface area contributed by atoms with Crippen LogP contribution in [-0.4, -0.2) is 51.0 Å². The summed E-state index contributed by atoms with van der Waals surface area (Å²) in [5.74, 6) is 0.0942. The summed E-state index contributed by atoms with van der Waals surface area (Å²) in [7, 11) is -3.16. The number of sulfonamides is 1. The fraction of sp³-hybridized carbons (Fsp3) is 0.933. The van der Waals surface area contributed by atoms with Crippen LogP contribution in [0.2, 0.25) is 0 Å². The van der Waals surface area contributed by atoms with Crippen LogP contribution in [0, 0.1) is 0 Å². The number of hydrogen-bond donors (Lipinski definition) is 3. The average Bonchev–Trinajstić information content (AvgIpc) is 2.38. The summed E-state index contributed by atoms with van der Waals surface area (Å²) in [5.41, 5.74) is -0.485. The number of alkyl carbamates (subject to hydrolysis) is 1. The molecular weight excluding hydrogens is 318 g/mol. The Morgan fingerprint density at radius 2 is 1.70 bits per heavy atom. The maximum Gasteiger partial charge on any atom is 0.407 e. The molecule has 0 aromatic carbocycles. The van der Waals surface area contributed by atoms with Gasteiger partial charge in [0.15, 0.2) is 0 Å². The molecule has 1 fully saturated rings. The fourth-order valence-corrected chi connectivity index (χ4v) is 3.58. The lowest BCUT2D eigenvalue weighted by Gasteiger charge is -2.30. The largest absolute Gasteiger partial charge is 0.444 e. The molecule has 136 valence electrons. The maximum atomic E-state index is 11.7. The zero-order chi connectivity index (χ0) is 17.5. The number of carbonyl (C=O) groups excluding carboxylic acids is 1. The van der Waals surface area contributed by atoms with E-state index < -0.39 is 15.6 Å². The van der Waals surface area contributed by atoms with Crippen LogP contribution >= 0.6 is 0 Å². The standard InChI is InChI=1S/C15H31N3O4S/c1-5-17-23(20,21)11-10-16-12-6-8-13(9-7-12)18-14(19)22-15(2,3)4/h12-13,16-17H,5-11H2,1-4H3,(H,18,19). The Kier molecular flexibility index (Phi) is 7.76. The van der Waals surface area contributed by atoms with Gasteiger partial charge in [-0.3, -0.25) is 0 Å². The van der Waals surface area contributed by atoms with E-state index in [1.54, 1.807) is 6.92 Å². The third-order valence-electron chi connectivity index (χ3n) is 3.62. The zero-order valence-electron chi connectivity index (χ0n) is 14.6. The third-order valence-corrected chi connectivity index (χ3v) is 5.09. The second-order valence-electron chi connectivity index (χ2n) is 6.97. The first kappa shape index (κ1) is 20.2. The van der Waals surface area contributed by atoms with E-state index >= 15 is 0 Å². The first-order chi connectivity index (χ1) is 10.6. The van der Waals surface area contributed by atoms with Crippen LogP contribution in [0.3, 0.4) is 0 Å². The predicted molar refractivity (Wildman–Crippen MR) is 90.9 cm³/mol. The van der Waals surface area contributed by atoms with E-state index in [2.05, 4.69) is 15.4 Å². The quantitative estimate of drug-likeness (QED) is 0.645. The van der Waals surface area contributed by atoms with Gasteiger partial charge in [0, 0.05) is 25.2 Å². The Bertz CT molecular complexity index is 466. The van der Waals surface area contributed by atoms with Crippen molar-refractivity contribution in [3.63, 3.8) is 0 Å². The summed E-state index contributed by atoms with van der Waals surface area (Å²) in [6.07, 6.45) is 3.21. The molecule has 1 amide bonds. The van der Waals surface area contributed by atoms with Crippen molar-refractivity contribution in [2.45, 2.75) is 71.1 Å². The molecule has 1 aliphatic rings. The molecular formula is C15H31N3O4S. The molecule has 23 heavy (non-hydrogen) atoms. The summed E-state index contributed by atoms with van der Waals surface area (Å²) in [6.45, 7) is 8.16. The van der Waals surface area contributed by atoms with Crippen molar-refractivity contribution in [2.75, 3.05) is 18.8 Å². The number of amides is 1. The SMILES string of the molecule is CCNS(=O)(=O)CCNC1CCC(NC(=O)OC(C)(C)C)CC1. The van der Waals surface area contributed by atoms with Crippen LogP contribution in [-0.2, 0) is 14.8 Å². The number of ether oxygens (including phenoxy) is 1. The molecule has 8 heteroatoms. The van der Waals surface area contributed by atoms with E-state index in [1.165, 1.54) is 0 Å². The van der Waals surface area contributed by atoms with Crippen molar-refractivity contribution in [1.82, 2.24) is 15.4 Å². The van der Waals surface area contributed by atoms with Gasteiger partial charge in [0.2, 0.25) is 10.0 Å². The molecule has 0 atom stereocenters. The molecule has 0 spiro atoms. The Morgan fingerprint density at radius 1 is 1.13 bits per heavy atom. The minimum Gasteiger partial charge on any atom is -0.444 e. The van der Waals surface area contributed by atoms with Crippen LogP contribution < -0.4 is 15.4 Å².